The molecule has 0 radical (unpaired) electrons. The van der Waals surface area contributed by atoms with E-state index in [0.29, 0.717) is 13.8 Å². The van der Waals surface area contributed by atoms with E-state index in [1.165, 1.54) is 0 Å². The molecule has 0 fully saturated rings. The molecule has 0 aromatic carbocycles. The molecule has 0 atom stereocenters. The van der Waals surface area contributed by atoms with Gasteiger partial charge in [0.1, 0.15) is 5.66 Å². The van der Waals surface area contributed by atoms with Gasteiger partial charge in [0.2, 0.25) is 0 Å². The first-order chi connectivity index (χ1) is 7.75. The standard InChI is InChI=1S/C8H8F6N2O2/c1-6(2,15-3)16(4(17)7(9,10)11)5(18)8(12,13)14/h3H2,1-2H3. The molecule has 4 nitrogen and oxygen atoms in total. The molecule has 0 bridgehead atoms. The van der Waals surface area contributed by atoms with Crippen LogP contribution in [0.3, 0.4) is 0 Å². The molecule has 0 spiro atoms. The summed E-state index contributed by atoms with van der Waals surface area (Å²) in [6, 6.07) is 0. The fraction of sp³-hybridized carbons (Fsp3) is 0.625. The van der Waals surface area contributed by atoms with E-state index in [4.69, 9.17) is 0 Å². The van der Waals surface area contributed by atoms with Crippen molar-refractivity contribution in [1.82, 2.24) is 4.90 Å². The van der Waals surface area contributed by atoms with Gasteiger partial charge in [-0.3, -0.25) is 14.6 Å². The predicted molar refractivity (Wildman–Crippen MR) is 47.6 cm³/mol. The summed E-state index contributed by atoms with van der Waals surface area (Å²) in [4.78, 5) is 23.6. The quantitative estimate of drug-likeness (QED) is 0.572. The maximum absolute atomic E-state index is 12.1. The molecule has 104 valence electrons. The van der Waals surface area contributed by atoms with Crippen LogP contribution in [0.25, 0.3) is 0 Å². The summed E-state index contributed by atoms with van der Waals surface area (Å²) in [5.41, 5.74) is -2.38. The molecule has 0 aromatic rings. The van der Waals surface area contributed by atoms with Crippen molar-refractivity contribution >= 4 is 18.5 Å². The van der Waals surface area contributed by atoms with Gasteiger partial charge < -0.3 is 0 Å². The summed E-state index contributed by atoms with van der Waals surface area (Å²) in [5, 5.41) is 0. The minimum absolute atomic E-state index is 0.716. The molecule has 0 aromatic heterocycles. The van der Waals surface area contributed by atoms with Crippen LogP contribution in [0.2, 0.25) is 0 Å². The van der Waals surface area contributed by atoms with Crippen molar-refractivity contribution in [2.24, 2.45) is 4.99 Å². The van der Waals surface area contributed by atoms with Gasteiger partial charge in [0.15, 0.2) is 0 Å². The fourth-order valence-electron chi connectivity index (χ4n) is 0.913. The lowest BCUT2D eigenvalue weighted by atomic mass is 10.2. The Hall–Kier alpha value is -1.61. The lowest BCUT2D eigenvalue weighted by Gasteiger charge is -2.33. The first-order valence-electron chi connectivity index (χ1n) is 4.25. The van der Waals surface area contributed by atoms with Crippen LogP contribution < -0.4 is 0 Å². The second-order valence-electron chi connectivity index (χ2n) is 3.59. The number of hydrogen-bond donors (Lipinski definition) is 0. The van der Waals surface area contributed by atoms with E-state index in [1.807, 2.05) is 0 Å². The van der Waals surface area contributed by atoms with Crippen molar-refractivity contribution in [2.75, 3.05) is 0 Å². The Labute approximate surface area is 97.3 Å². The molecular formula is C8H8F6N2O2. The fourth-order valence-corrected chi connectivity index (χ4v) is 0.913. The van der Waals surface area contributed by atoms with Crippen molar-refractivity contribution in [1.29, 1.82) is 0 Å². The van der Waals surface area contributed by atoms with Gasteiger partial charge in [-0.1, -0.05) is 0 Å². The number of amides is 2. The SMILES string of the molecule is C=NC(C)(C)N(C(=O)C(F)(F)F)C(=O)C(F)(F)F. The van der Waals surface area contributed by atoms with Gasteiger partial charge in [-0.25, -0.2) is 4.90 Å². The van der Waals surface area contributed by atoms with Gasteiger partial charge in [-0.15, -0.1) is 0 Å². The Morgan fingerprint density at radius 3 is 1.39 bits per heavy atom. The molecule has 0 aliphatic carbocycles. The molecule has 18 heavy (non-hydrogen) atoms. The minimum Gasteiger partial charge on any atom is -0.273 e. The van der Waals surface area contributed by atoms with E-state index >= 15 is 0 Å². The van der Waals surface area contributed by atoms with Crippen LogP contribution in [0.4, 0.5) is 26.3 Å². The second-order valence-corrected chi connectivity index (χ2v) is 3.59. The number of nitrogens with zero attached hydrogens (tertiary/aromatic N) is 2. The molecular weight excluding hydrogens is 270 g/mol. The first kappa shape index (κ1) is 16.4. The zero-order valence-corrected chi connectivity index (χ0v) is 9.19. The number of halogens is 6. The Morgan fingerprint density at radius 1 is 0.944 bits per heavy atom. The summed E-state index contributed by atoms with van der Waals surface area (Å²) in [6.07, 6.45) is -11.3. The maximum Gasteiger partial charge on any atom is 0.471 e. The van der Waals surface area contributed by atoms with Crippen LogP contribution in [0.1, 0.15) is 13.8 Å². The van der Waals surface area contributed by atoms with Gasteiger partial charge in [0.05, 0.1) is 0 Å². The third-order valence-corrected chi connectivity index (χ3v) is 1.83. The molecule has 0 N–H and O–H groups in total. The largest absolute Gasteiger partial charge is 0.471 e. The molecule has 0 aliphatic heterocycles. The number of carbonyl (C=O) groups is 2. The van der Waals surface area contributed by atoms with E-state index in [0.717, 1.165) is 0 Å². The van der Waals surface area contributed by atoms with E-state index in [1.54, 1.807) is 0 Å². The van der Waals surface area contributed by atoms with Gasteiger partial charge >= 0.3 is 24.2 Å². The average molecular weight is 278 g/mol. The van der Waals surface area contributed by atoms with Crippen LogP contribution in [-0.2, 0) is 9.59 Å². The summed E-state index contributed by atoms with van der Waals surface area (Å²) >= 11 is 0. The summed E-state index contributed by atoms with van der Waals surface area (Å²) in [7, 11) is 0. The van der Waals surface area contributed by atoms with Crippen LogP contribution in [0.5, 0.6) is 0 Å². The van der Waals surface area contributed by atoms with E-state index < -0.39 is 34.7 Å². The molecule has 0 rings (SSSR count). The third-order valence-electron chi connectivity index (χ3n) is 1.83. The minimum atomic E-state index is -5.64. The van der Waals surface area contributed by atoms with E-state index in [-0.39, 0.29) is 0 Å². The number of carbonyl (C=O) groups excluding carboxylic acids is 2. The van der Waals surface area contributed by atoms with E-state index in [2.05, 4.69) is 11.7 Å². The summed E-state index contributed by atoms with van der Waals surface area (Å²) < 4.78 is 72.8. The highest BCUT2D eigenvalue weighted by Gasteiger charge is 2.56. The zero-order valence-electron chi connectivity index (χ0n) is 9.19. The summed E-state index contributed by atoms with van der Waals surface area (Å²) in [6.45, 7) is 4.18. The van der Waals surface area contributed by atoms with Crippen LogP contribution in [0, 0.1) is 0 Å². The Kier molecular flexibility index (Phi) is 4.17. The topological polar surface area (TPSA) is 49.7 Å². The molecule has 0 aliphatic rings. The van der Waals surface area contributed by atoms with Gasteiger partial charge in [0, 0.05) is 0 Å². The average Bonchev–Trinajstić information content (AvgIpc) is 2.14. The zero-order chi connectivity index (χ0) is 14.9. The smallest absolute Gasteiger partial charge is 0.273 e. The highest BCUT2D eigenvalue weighted by molar-refractivity contribution is 6.01. The maximum atomic E-state index is 12.1. The molecule has 0 heterocycles. The normalized spacial score (nSPS) is 13.1. The van der Waals surface area contributed by atoms with Crippen molar-refractivity contribution in [3.63, 3.8) is 0 Å². The number of rotatable bonds is 2. The Balaban J connectivity index is 5.70. The predicted octanol–water partition coefficient (Wildman–Crippen LogP) is 1.90. The highest BCUT2D eigenvalue weighted by Crippen LogP contribution is 2.30. The van der Waals surface area contributed by atoms with Crippen molar-refractivity contribution in [3.8, 4) is 0 Å². The van der Waals surface area contributed by atoms with Gasteiger partial charge in [0.25, 0.3) is 0 Å². The Bertz CT molecular complexity index is 345. The van der Waals surface area contributed by atoms with Gasteiger partial charge in [-0.05, 0) is 20.6 Å². The Morgan fingerprint density at radius 2 is 1.22 bits per heavy atom. The molecule has 10 heteroatoms. The number of aliphatic imine (C=N–C) groups is 1. The van der Waals surface area contributed by atoms with Crippen molar-refractivity contribution in [2.45, 2.75) is 31.9 Å². The first-order valence-corrected chi connectivity index (χ1v) is 4.25. The molecule has 0 saturated carbocycles. The lowest BCUT2D eigenvalue weighted by Crippen LogP contribution is -2.58. The second kappa shape index (κ2) is 4.58. The van der Waals surface area contributed by atoms with Crippen LogP contribution >= 0.6 is 0 Å². The van der Waals surface area contributed by atoms with Crippen molar-refractivity contribution < 1.29 is 35.9 Å². The van der Waals surface area contributed by atoms with Crippen molar-refractivity contribution in [3.05, 3.63) is 0 Å². The summed E-state index contributed by atoms with van der Waals surface area (Å²) in [5.74, 6) is -5.91. The van der Waals surface area contributed by atoms with Gasteiger partial charge in [-0.2, -0.15) is 26.3 Å². The lowest BCUT2D eigenvalue weighted by molar-refractivity contribution is -0.210. The number of imide groups is 1. The highest BCUT2D eigenvalue weighted by atomic mass is 19.4. The van der Waals surface area contributed by atoms with E-state index in [9.17, 15) is 35.9 Å². The molecule has 0 unspecified atom stereocenters. The van der Waals surface area contributed by atoms with Crippen LogP contribution in [-0.4, -0.2) is 41.4 Å². The number of hydrogen-bond acceptors (Lipinski definition) is 3. The number of alkyl halides is 6. The monoisotopic (exact) mass is 278 g/mol. The van der Waals surface area contributed by atoms with Crippen LogP contribution in [0.15, 0.2) is 4.99 Å². The molecule has 0 saturated heterocycles. The third kappa shape index (κ3) is 3.44. The molecule has 2 amide bonds.